The fourth-order valence-electron chi connectivity index (χ4n) is 2.66. The van der Waals surface area contributed by atoms with Crippen LogP contribution in [0.15, 0.2) is 88.7 Å². The molecule has 3 aromatic rings. The summed E-state index contributed by atoms with van der Waals surface area (Å²) < 4.78 is 5.37. The molecule has 4 rings (SSSR count). The number of allylic oxidation sites excluding steroid dienone is 1. The molecule has 1 aliphatic rings. The Hall–Kier alpha value is -3.11. The number of ether oxygens (including phenoxy) is 1. The topological polar surface area (TPSA) is 43.4 Å². The third kappa shape index (κ3) is 3.32. The highest BCUT2D eigenvalue weighted by molar-refractivity contribution is 8.04. The van der Waals surface area contributed by atoms with Gasteiger partial charge in [-0.15, -0.1) is 0 Å². The molecule has 3 aromatic carbocycles. The highest BCUT2D eigenvalue weighted by Gasteiger charge is 2.25. The first-order valence-corrected chi connectivity index (χ1v) is 8.93. The number of hydrogen-bond donors (Lipinski definition) is 0. The molecule has 0 radical (unpaired) electrons. The van der Waals surface area contributed by atoms with Crippen molar-refractivity contribution in [1.29, 1.82) is 0 Å². The summed E-state index contributed by atoms with van der Waals surface area (Å²) in [7, 11) is 0. The zero-order chi connectivity index (χ0) is 17.9. The van der Waals surface area contributed by atoms with Crippen LogP contribution in [0.4, 0.5) is 0 Å². The Labute approximate surface area is 155 Å². The van der Waals surface area contributed by atoms with E-state index in [1.165, 1.54) is 11.8 Å². The Bertz CT molecular complexity index is 1010. The van der Waals surface area contributed by atoms with Crippen molar-refractivity contribution in [3.63, 3.8) is 0 Å². The summed E-state index contributed by atoms with van der Waals surface area (Å²) in [4.78, 5) is 26.2. The summed E-state index contributed by atoms with van der Waals surface area (Å²) in [6.45, 7) is 0. The highest BCUT2D eigenvalue weighted by atomic mass is 32.2. The van der Waals surface area contributed by atoms with Crippen LogP contribution >= 0.6 is 11.8 Å². The normalized spacial score (nSPS) is 14.3. The summed E-state index contributed by atoms with van der Waals surface area (Å²) in [6.07, 6.45) is 1.86. The van der Waals surface area contributed by atoms with Crippen LogP contribution in [0.1, 0.15) is 26.3 Å². The zero-order valence-corrected chi connectivity index (χ0v) is 14.5. The number of carbonyl (C=O) groups is 2. The van der Waals surface area contributed by atoms with Crippen LogP contribution < -0.4 is 4.74 Å². The highest BCUT2D eigenvalue weighted by Crippen LogP contribution is 2.40. The first kappa shape index (κ1) is 16.4. The minimum atomic E-state index is -0.395. The van der Waals surface area contributed by atoms with Crippen LogP contribution in [0, 0.1) is 0 Å². The van der Waals surface area contributed by atoms with Crippen LogP contribution in [-0.4, -0.2) is 11.8 Å². The third-order valence-corrected chi connectivity index (χ3v) is 5.07. The van der Waals surface area contributed by atoms with Gasteiger partial charge in [0.15, 0.2) is 0 Å². The predicted octanol–water partition coefficient (Wildman–Crippen LogP) is 5.24. The van der Waals surface area contributed by atoms with Crippen molar-refractivity contribution >= 4 is 29.6 Å². The second-order valence-corrected chi connectivity index (χ2v) is 6.84. The second kappa shape index (κ2) is 7.02. The van der Waals surface area contributed by atoms with E-state index >= 15 is 0 Å². The fraction of sp³-hybridized carbons (Fsp3) is 0. The summed E-state index contributed by atoms with van der Waals surface area (Å²) in [5.74, 6) is 0.119. The van der Waals surface area contributed by atoms with Crippen molar-refractivity contribution in [2.75, 3.05) is 0 Å². The van der Waals surface area contributed by atoms with E-state index in [1.807, 2.05) is 48.5 Å². The molecule has 126 valence electrons. The Morgan fingerprint density at radius 3 is 2.27 bits per heavy atom. The molecule has 0 aliphatic carbocycles. The zero-order valence-electron chi connectivity index (χ0n) is 13.7. The van der Waals surface area contributed by atoms with Crippen molar-refractivity contribution in [2.45, 2.75) is 4.90 Å². The molecule has 1 aliphatic heterocycles. The van der Waals surface area contributed by atoms with E-state index in [0.717, 1.165) is 16.0 Å². The van der Waals surface area contributed by atoms with Gasteiger partial charge in [0.1, 0.15) is 5.75 Å². The van der Waals surface area contributed by atoms with E-state index in [2.05, 4.69) is 0 Å². The Morgan fingerprint density at radius 2 is 1.54 bits per heavy atom. The largest absolute Gasteiger partial charge is 0.423 e. The van der Waals surface area contributed by atoms with Crippen LogP contribution in [0.5, 0.6) is 5.75 Å². The summed E-state index contributed by atoms with van der Waals surface area (Å²) >= 11 is 1.48. The summed E-state index contributed by atoms with van der Waals surface area (Å²) in [6, 6.07) is 23.6. The van der Waals surface area contributed by atoms with Crippen molar-refractivity contribution in [1.82, 2.24) is 0 Å². The van der Waals surface area contributed by atoms with E-state index in [4.69, 9.17) is 4.74 Å². The summed E-state index contributed by atoms with van der Waals surface area (Å²) in [5.41, 5.74) is 2.13. The third-order valence-electron chi connectivity index (χ3n) is 3.97. The van der Waals surface area contributed by atoms with Crippen molar-refractivity contribution in [3.8, 4) is 5.75 Å². The molecular weight excluding hydrogens is 344 g/mol. The quantitative estimate of drug-likeness (QED) is 0.365. The SMILES string of the molecule is O=C(Oc1ccc(C=C2Sc3ccccc3C2=O)cc1)c1ccccc1. The Kier molecular flexibility index (Phi) is 4.42. The predicted molar refractivity (Wildman–Crippen MR) is 102 cm³/mol. The molecule has 0 saturated heterocycles. The molecule has 1 heterocycles. The molecule has 0 unspecified atom stereocenters. The number of carbonyl (C=O) groups excluding carboxylic acids is 2. The molecule has 0 aromatic heterocycles. The van der Waals surface area contributed by atoms with Crippen LogP contribution in [-0.2, 0) is 0 Å². The van der Waals surface area contributed by atoms with Crippen molar-refractivity contribution in [2.24, 2.45) is 0 Å². The second-order valence-electron chi connectivity index (χ2n) is 5.76. The average Bonchev–Trinajstić information content (AvgIpc) is 3.00. The van der Waals surface area contributed by atoms with Crippen LogP contribution in [0.2, 0.25) is 0 Å². The molecule has 0 bridgehead atoms. The van der Waals surface area contributed by atoms with Gasteiger partial charge in [-0.05, 0) is 48.0 Å². The van der Waals surface area contributed by atoms with E-state index in [-0.39, 0.29) is 5.78 Å². The lowest BCUT2D eigenvalue weighted by Crippen LogP contribution is -2.07. The molecule has 26 heavy (non-hydrogen) atoms. The molecule has 4 heteroatoms. The number of esters is 1. The average molecular weight is 358 g/mol. The van der Waals surface area contributed by atoms with Gasteiger partial charge in [-0.25, -0.2) is 4.79 Å². The van der Waals surface area contributed by atoms with E-state index in [0.29, 0.717) is 16.2 Å². The molecule has 0 atom stereocenters. The number of ketones is 1. The van der Waals surface area contributed by atoms with Gasteiger partial charge in [0.05, 0.1) is 10.5 Å². The number of hydrogen-bond acceptors (Lipinski definition) is 4. The Balaban J connectivity index is 1.49. The summed E-state index contributed by atoms with van der Waals surface area (Å²) in [5, 5.41) is 0. The first-order valence-electron chi connectivity index (χ1n) is 8.11. The first-order chi connectivity index (χ1) is 12.7. The number of Topliss-reactive ketones (excluding diaryl/α,β-unsaturated/α-hetero) is 1. The van der Waals surface area contributed by atoms with Gasteiger partial charge in [0.2, 0.25) is 5.78 Å². The number of fused-ring (bicyclic) bond motifs is 1. The van der Waals surface area contributed by atoms with Gasteiger partial charge in [0.25, 0.3) is 0 Å². The number of rotatable bonds is 3. The molecule has 0 amide bonds. The molecule has 3 nitrogen and oxygen atoms in total. The number of thioether (sulfide) groups is 1. The minimum Gasteiger partial charge on any atom is -0.423 e. The lowest BCUT2D eigenvalue weighted by molar-refractivity contribution is 0.0734. The van der Waals surface area contributed by atoms with Gasteiger partial charge in [0, 0.05) is 10.5 Å². The maximum Gasteiger partial charge on any atom is 0.343 e. The maximum atomic E-state index is 12.4. The van der Waals surface area contributed by atoms with Gasteiger partial charge in [-0.2, -0.15) is 0 Å². The van der Waals surface area contributed by atoms with Gasteiger partial charge < -0.3 is 4.74 Å². The van der Waals surface area contributed by atoms with Crippen molar-refractivity contribution < 1.29 is 14.3 Å². The fourth-order valence-corrected chi connectivity index (χ4v) is 3.71. The van der Waals surface area contributed by atoms with Crippen LogP contribution in [0.3, 0.4) is 0 Å². The smallest absolute Gasteiger partial charge is 0.343 e. The van der Waals surface area contributed by atoms with Gasteiger partial charge >= 0.3 is 5.97 Å². The monoisotopic (exact) mass is 358 g/mol. The standard InChI is InChI=1S/C22H14O3S/c23-21-18-8-4-5-9-19(18)26-20(21)14-15-10-12-17(13-11-15)25-22(24)16-6-2-1-3-7-16/h1-14H. The lowest BCUT2D eigenvalue weighted by Gasteiger charge is -2.04. The maximum absolute atomic E-state index is 12.4. The van der Waals surface area contributed by atoms with E-state index in [9.17, 15) is 9.59 Å². The van der Waals surface area contributed by atoms with E-state index in [1.54, 1.807) is 36.4 Å². The van der Waals surface area contributed by atoms with Crippen LogP contribution in [0.25, 0.3) is 6.08 Å². The molecule has 0 spiro atoms. The van der Waals surface area contributed by atoms with Gasteiger partial charge in [-0.1, -0.05) is 54.2 Å². The minimum absolute atomic E-state index is 0.0465. The van der Waals surface area contributed by atoms with Crippen molar-refractivity contribution in [3.05, 3.63) is 100 Å². The molecule has 0 N–H and O–H groups in total. The Morgan fingerprint density at radius 1 is 0.846 bits per heavy atom. The molecular formula is C22H14O3S. The molecule has 0 fully saturated rings. The van der Waals surface area contributed by atoms with Gasteiger partial charge in [-0.3, -0.25) is 4.79 Å². The molecule has 0 saturated carbocycles. The van der Waals surface area contributed by atoms with E-state index < -0.39 is 5.97 Å². The number of benzene rings is 3. The lowest BCUT2D eigenvalue weighted by atomic mass is 10.1.